The third-order valence-corrected chi connectivity index (χ3v) is 3.88. The molecule has 0 radical (unpaired) electrons. The minimum atomic E-state index is -0.335. The first-order valence-corrected chi connectivity index (χ1v) is 8.50. The zero-order chi connectivity index (χ0) is 18.1. The van der Waals surface area contributed by atoms with Crippen molar-refractivity contribution < 1.29 is 14.6 Å². The number of hydrogen-bond donors (Lipinski definition) is 2. The molecule has 0 saturated carbocycles. The molecule has 25 heavy (non-hydrogen) atoms. The van der Waals surface area contributed by atoms with Crippen LogP contribution >= 0.6 is 15.9 Å². The number of carbonyl (C=O) groups is 1. The lowest BCUT2D eigenvalue weighted by atomic mass is 10.2. The first kappa shape index (κ1) is 19.0. The molecule has 0 aromatic heterocycles. The lowest BCUT2D eigenvalue weighted by Gasteiger charge is -2.17. The number of rotatable bonds is 8. The van der Waals surface area contributed by atoms with Crippen LogP contribution in [0.2, 0.25) is 0 Å². The van der Waals surface area contributed by atoms with Crippen LogP contribution in [0.1, 0.15) is 5.56 Å². The molecule has 0 saturated heterocycles. The molecule has 0 aliphatic rings. The Labute approximate surface area is 155 Å². The summed E-state index contributed by atoms with van der Waals surface area (Å²) in [4.78, 5) is 13.6. The van der Waals surface area contributed by atoms with Gasteiger partial charge in [-0.25, -0.2) is 5.43 Å². The van der Waals surface area contributed by atoms with Crippen molar-refractivity contribution in [3.05, 3.63) is 58.6 Å². The van der Waals surface area contributed by atoms with E-state index in [2.05, 4.69) is 26.5 Å². The predicted molar refractivity (Wildman–Crippen MR) is 102 cm³/mol. The van der Waals surface area contributed by atoms with Gasteiger partial charge in [0.1, 0.15) is 5.75 Å². The van der Waals surface area contributed by atoms with Crippen LogP contribution in [0.25, 0.3) is 0 Å². The maximum Gasteiger partial charge on any atom is 0.277 e. The van der Waals surface area contributed by atoms with Crippen LogP contribution in [0.3, 0.4) is 0 Å². The Kier molecular flexibility index (Phi) is 7.43. The lowest BCUT2D eigenvalue weighted by Crippen LogP contribution is -2.24. The van der Waals surface area contributed by atoms with E-state index in [0.717, 1.165) is 15.7 Å². The SMILES string of the molecule is CN(CCO)c1ccc(/C=N\NC(=O)COc2ccc(Br)cc2)cc1. The number of carbonyl (C=O) groups excluding carboxylic acids is 1. The third-order valence-electron chi connectivity index (χ3n) is 3.36. The first-order chi connectivity index (χ1) is 12.1. The fourth-order valence-corrected chi connectivity index (χ4v) is 2.25. The lowest BCUT2D eigenvalue weighted by molar-refractivity contribution is -0.123. The molecular formula is C18H20BrN3O3. The number of likely N-dealkylation sites (N-methyl/N-ethyl adjacent to an activating group) is 1. The average Bonchev–Trinajstić information content (AvgIpc) is 2.62. The van der Waals surface area contributed by atoms with Crippen LogP contribution < -0.4 is 15.1 Å². The highest BCUT2D eigenvalue weighted by Crippen LogP contribution is 2.16. The molecule has 0 aliphatic carbocycles. The van der Waals surface area contributed by atoms with Crippen LogP contribution in [0.15, 0.2) is 58.1 Å². The molecule has 0 aliphatic heterocycles. The summed E-state index contributed by atoms with van der Waals surface area (Å²) in [6.07, 6.45) is 1.56. The van der Waals surface area contributed by atoms with Crippen molar-refractivity contribution in [3.8, 4) is 5.75 Å². The molecule has 0 unspecified atom stereocenters. The van der Waals surface area contributed by atoms with Gasteiger partial charge in [-0.3, -0.25) is 4.79 Å². The Bertz CT molecular complexity index is 703. The van der Waals surface area contributed by atoms with E-state index in [4.69, 9.17) is 9.84 Å². The largest absolute Gasteiger partial charge is 0.484 e. The molecule has 0 bridgehead atoms. The quantitative estimate of drug-likeness (QED) is 0.522. The Morgan fingerprint density at radius 1 is 1.24 bits per heavy atom. The number of nitrogens with zero attached hydrogens (tertiary/aromatic N) is 2. The minimum absolute atomic E-state index is 0.105. The summed E-state index contributed by atoms with van der Waals surface area (Å²) in [6, 6.07) is 14.9. The van der Waals surface area contributed by atoms with Gasteiger partial charge in [0.2, 0.25) is 0 Å². The highest BCUT2D eigenvalue weighted by Gasteiger charge is 2.02. The molecule has 1 amide bonds. The van der Waals surface area contributed by atoms with Gasteiger partial charge in [-0.05, 0) is 42.0 Å². The molecule has 2 aromatic carbocycles. The van der Waals surface area contributed by atoms with Crippen molar-refractivity contribution in [2.75, 3.05) is 31.7 Å². The maximum absolute atomic E-state index is 11.7. The number of hydrazone groups is 1. The monoisotopic (exact) mass is 405 g/mol. The number of anilines is 1. The van der Waals surface area contributed by atoms with Crippen molar-refractivity contribution in [2.45, 2.75) is 0 Å². The number of ether oxygens (including phenoxy) is 1. The molecule has 0 heterocycles. The van der Waals surface area contributed by atoms with Crippen molar-refractivity contribution in [1.82, 2.24) is 5.43 Å². The topological polar surface area (TPSA) is 74.2 Å². The third kappa shape index (κ3) is 6.56. The molecule has 2 N–H and O–H groups in total. The van der Waals surface area contributed by atoms with E-state index >= 15 is 0 Å². The number of aliphatic hydroxyl groups is 1. The Morgan fingerprint density at radius 3 is 2.56 bits per heavy atom. The van der Waals surface area contributed by atoms with Crippen LogP contribution in [-0.4, -0.2) is 44.0 Å². The van der Waals surface area contributed by atoms with Gasteiger partial charge in [-0.1, -0.05) is 28.1 Å². The Morgan fingerprint density at radius 2 is 1.92 bits per heavy atom. The number of halogens is 1. The predicted octanol–water partition coefficient (Wildman–Crippen LogP) is 2.41. The van der Waals surface area contributed by atoms with Gasteiger partial charge in [0.25, 0.3) is 5.91 Å². The van der Waals surface area contributed by atoms with Gasteiger partial charge < -0.3 is 14.7 Å². The Hall–Kier alpha value is -2.38. The van der Waals surface area contributed by atoms with Gasteiger partial charge in [0, 0.05) is 23.8 Å². The summed E-state index contributed by atoms with van der Waals surface area (Å²) in [5.41, 5.74) is 4.28. The fourth-order valence-electron chi connectivity index (χ4n) is 1.98. The highest BCUT2D eigenvalue weighted by molar-refractivity contribution is 9.10. The zero-order valence-electron chi connectivity index (χ0n) is 13.9. The van der Waals surface area contributed by atoms with Gasteiger partial charge in [-0.2, -0.15) is 5.10 Å². The number of amides is 1. The van der Waals surface area contributed by atoms with Gasteiger partial charge >= 0.3 is 0 Å². The second kappa shape index (κ2) is 9.80. The fraction of sp³-hybridized carbons (Fsp3) is 0.222. The summed E-state index contributed by atoms with van der Waals surface area (Å²) in [5.74, 6) is 0.281. The maximum atomic E-state index is 11.7. The molecule has 2 rings (SSSR count). The number of nitrogens with one attached hydrogen (secondary N) is 1. The van der Waals surface area contributed by atoms with E-state index < -0.39 is 0 Å². The molecular weight excluding hydrogens is 386 g/mol. The summed E-state index contributed by atoms with van der Waals surface area (Å²) in [5, 5.41) is 12.8. The summed E-state index contributed by atoms with van der Waals surface area (Å²) in [6.45, 7) is 0.569. The summed E-state index contributed by atoms with van der Waals surface area (Å²) in [7, 11) is 1.91. The second-order valence-corrected chi connectivity index (χ2v) is 6.19. The first-order valence-electron chi connectivity index (χ1n) is 7.71. The van der Waals surface area contributed by atoms with Gasteiger partial charge in [-0.15, -0.1) is 0 Å². The van der Waals surface area contributed by atoms with E-state index in [1.165, 1.54) is 0 Å². The molecule has 132 valence electrons. The minimum Gasteiger partial charge on any atom is -0.484 e. The smallest absolute Gasteiger partial charge is 0.277 e. The van der Waals surface area contributed by atoms with Crippen molar-refractivity contribution in [2.24, 2.45) is 5.10 Å². The molecule has 6 nitrogen and oxygen atoms in total. The van der Waals surface area contributed by atoms with Crippen LogP contribution in [0.4, 0.5) is 5.69 Å². The zero-order valence-corrected chi connectivity index (χ0v) is 15.4. The highest BCUT2D eigenvalue weighted by atomic mass is 79.9. The van der Waals surface area contributed by atoms with Crippen LogP contribution in [-0.2, 0) is 4.79 Å². The number of hydrogen-bond acceptors (Lipinski definition) is 5. The van der Waals surface area contributed by atoms with E-state index in [0.29, 0.717) is 12.3 Å². The van der Waals surface area contributed by atoms with Crippen LogP contribution in [0, 0.1) is 0 Å². The molecule has 2 aromatic rings. The molecule has 0 atom stereocenters. The van der Waals surface area contributed by atoms with Crippen LogP contribution in [0.5, 0.6) is 5.75 Å². The summed E-state index contributed by atoms with van der Waals surface area (Å²) < 4.78 is 6.30. The summed E-state index contributed by atoms with van der Waals surface area (Å²) >= 11 is 3.33. The van der Waals surface area contributed by atoms with Crippen molar-refractivity contribution >= 4 is 33.7 Å². The van der Waals surface area contributed by atoms with E-state index in [1.54, 1.807) is 18.3 Å². The van der Waals surface area contributed by atoms with E-state index in [-0.39, 0.29) is 19.1 Å². The van der Waals surface area contributed by atoms with Gasteiger partial charge in [0.05, 0.1) is 12.8 Å². The van der Waals surface area contributed by atoms with E-state index in [1.807, 2.05) is 48.3 Å². The number of benzene rings is 2. The molecule has 7 heteroatoms. The van der Waals surface area contributed by atoms with E-state index in [9.17, 15) is 4.79 Å². The second-order valence-electron chi connectivity index (χ2n) is 5.27. The number of aliphatic hydroxyl groups excluding tert-OH is 1. The normalized spacial score (nSPS) is 10.7. The molecule has 0 fully saturated rings. The van der Waals surface area contributed by atoms with Crippen molar-refractivity contribution in [1.29, 1.82) is 0 Å². The Balaban J connectivity index is 1.77. The molecule has 0 spiro atoms. The van der Waals surface area contributed by atoms with Crippen molar-refractivity contribution in [3.63, 3.8) is 0 Å². The standard InChI is InChI=1S/C18H20BrN3O3/c1-22(10-11-23)16-6-2-14(3-7-16)12-20-21-18(24)13-25-17-8-4-15(19)5-9-17/h2-9,12,23H,10-11,13H2,1H3,(H,21,24)/b20-12-. The average molecular weight is 406 g/mol. The van der Waals surface area contributed by atoms with Gasteiger partial charge in [0.15, 0.2) is 6.61 Å².